The number of fused-ring (bicyclic) bond motifs is 6. The Bertz CT molecular complexity index is 2460. The molecule has 2 unspecified atom stereocenters. The first-order valence-electron chi connectivity index (χ1n) is 17.6. The Morgan fingerprint density at radius 3 is 2.31 bits per heavy atom. The summed E-state index contributed by atoms with van der Waals surface area (Å²) < 4.78 is 0. The number of hydrogen-bond donors (Lipinski definition) is 0. The van der Waals surface area contributed by atoms with Crippen molar-refractivity contribution < 1.29 is 0 Å². The smallest absolute Gasteiger partial charge is 0.159 e. The minimum atomic E-state index is -0.305. The molecule has 0 aromatic heterocycles. The van der Waals surface area contributed by atoms with Crippen molar-refractivity contribution in [2.24, 2.45) is 15.9 Å². The number of amidine groups is 2. The Labute approximate surface area is 301 Å². The van der Waals surface area contributed by atoms with Crippen molar-refractivity contribution in [3.8, 4) is 22.3 Å². The van der Waals surface area contributed by atoms with Gasteiger partial charge in [0.05, 0.1) is 0 Å². The highest BCUT2D eigenvalue weighted by atomic mass is 15.3. The van der Waals surface area contributed by atoms with Crippen LogP contribution in [-0.4, -0.2) is 23.6 Å². The van der Waals surface area contributed by atoms with Gasteiger partial charge in [0.1, 0.15) is 5.84 Å². The summed E-state index contributed by atoms with van der Waals surface area (Å²) in [5.41, 5.74) is 10.2. The Balaban J connectivity index is 1.28. The number of nitrogens with zero attached hydrogens (tertiary/aromatic N) is 3. The molecule has 1 heterocycles. The van der Waals surface area contributed by atoms with Gasteiger partial charge in [0.2, 0.25) is 0 Å². The van der Waals surface area contributed by atoms with E-state index in [1.54, 1.807) is 6.08 Å². The first-order valence-corrected chi connectivity index (χ1v) is 17.6. The molecule has 0 saturated heterocycles. The lowest BCUT2D eigenvalue weighted by atomic mass is 9.83. The van der Waals surface area contributed by atoms with Gasteiger partial charge in [-0.3, -0.25) is 0 Å². The molecule has 6 aromatic carbocycles. The Morgan fingerprint density at radius 2 is 1.51 bits per heavy atom. The van der Waals surface area contributed by atoms with Crippen LogP contribution in [0.2, 0.25) is 0 Å². The van der Waals surface area contributed by atoms with Gasteiger partial charge in [0.25, 0.3) is 0 Å². The number of allylic oxidation sites excluding steroid dienone is 5. The van der Waals surface area contributed by atoms with E-state index in [-0.39, 0.29) is 6.17 Å². The Kier molecular flexibility index (Phi) is 8.52. The zero-order valence-corrected chi connectivity index (χ0v) is 29.3. The molecule has 0 N–H and O–H groups in total. The van der Waals surface area contributed by atoms with Crippen LogP contribution in [0.5, 0.6) is 0 Å². The van der Waals surface area contributed by atoms with Crippen molar-refractivity contribution in [1.29, 1.82) is 0 Å². The normalized spacial score (nSPS) is 17.3. The zero-order chi connectivity index (χ0) is 34.9. The maximum Gasteiger partial charge on any atom is 0.159 e. The lowest BCUT2D eigenvalue weighted by molar-refractivity contribution is 0.383. The molecule has 1 aliphatic heterocycles. The number of likely N-dealkylation sites (N-methyl/N-ethyl adjacent to an activating group) is 1. The number of hydrogen-bond acceptors (Lipinski definition) is 3. The van der Waals surface area contributed by atoms with Crippen molar-refractivity contribution >= 4 is 39.3 Å². The van der Waals surface area contributed by atoms with E-state index in [0.717, 1.165) is 56.6 Å². The summed E-state index contributed by atoms with van der Waals surface area (Å²) in [6.07, 6.45) is 13.1. The first-order chi connectivity index (χ1) is 25.0. The van der Waals surface area contributed by atoms with E-state index in [1.165, 1.54) is 27.3 Å². The molecule has 3 heteroatoms. The van der Waals surface area contributed by atoms with Gasteiger partial charge in [0, 0.05) is 29.1 Å². The van der Waals surface area contributed by atoms with Crippen molar-refractivity contribution in [2.75, 3.05) is 7.05 Å². The number of rotatable bonds is 7. The molecular weight excluding hydrogens is 619 g/mol. The zero-order valence-electron chi connectivity index (χ0n) is 29.3. The van der Waals surface area contributed by atoms with Crippen molar-refractivity contribution in [2.45, 2.75) is 26.4 Å². The molecular formula is C48H39N3. The second kappa shape index (κ2) is 13.6. The van der Waals surface area contributed by atoms with Crippen LogP contribution in [0.25, 0.3) is 49.9 Å². The second-order valence-electron chi connectivity index (χ2n) is 13.4. The molecule has 0 bridgehead atoms. The SMILES string of the molecule is C=C/C=C\C=C(/C)C1=NC(c2ccccc2)=NC(c2ccccc2-c2ccccc2-c2c#cc3c4c(c5ccccc5c3c2)CC(C)C=C4)N1C. The van der Waals surface area contributed by atoms with Crippen LogP contribution in [-0.2, 0) is 6.42 Å². The number of aliphatic imine (C=N–C) groups is 2. The summed E-state index contributed by atoms with van der Waals surface area (Å²) in [6.45, 7) is 8.21. The van der Waals surface area contributed by atoms with Gasteiger partial charge in [-0.2, -0.15) is 0 Å². The van der Waals surface area contributed by atoms with Crippen LogP contribution in [0.3, 0.4) is 0 Å². The van der Waals surface area contributed by atoms with Crippen LogP contribution < -0.4 is 0 Å². The highest BCUT2D eigenvalue weighted by Gasteiger charge is 2.29. The van der Waals surface area contributed by atoms with Gasteiger partial charge in [-0.15, -0.1) is 0 Å². The van der Waals surface area contributed by atoms with Gasteiger partial charge >= 0.3 is 0 Å². The fourth-order valence-electron chi connectivity index (χ4n) is 7.52. The van der Waals surface area contributed by atoms with Crippen LogP contribution in [0, 0.1) is 18.1 Å². The molecule has 51 heavy (non-hydrogen) atoms. The van der Waals surface area contributed by atoms with E-state index < -0.39 is 0 Å². The van der Waals surface area contributed by atoms with Gasteiger partial charge in [-0.05, 0) is 74.9 Å². The molecule has 3 nitrogen and oxygen atoms in total. The predicted octanol–water partition coefficient (Wildman–Crippen LogP) is 11.6. The minimum Gasteiger partial charge on any atom is -0.333 e. The molecule has 246 valence electrons. The number of benzene rings is 5. The van der Waals surface area contributed by atoms with Crippen LogP contribution >= 0.6 is 0 Å². The van der Waals surface area contributed by atoms with Gasteiger partial charge in [0.15, 0.2) is 12.0 Å². The highest BCUT2D eigenvalue weighted by Crippen LogP contribution is 2.42. The lowest BCUT2D eigenvalue weighted by Gasteiger charge is -2.34. The van der Waals surface area contributed by atoms with E-state index in [0.29, 0.717) is 11.8 Å². The fourth-order valence-corrected chi connectivity index (χ4v) is 7.52. The molecule has 0 radical (unpaired) electrons. The van der Waals surface area contributed by atoms with Gasteiger partial charge in [-0.1, -0.05) is 165 Å². The summed E-state index contributed by atoms with van der Waals surface area (Å²) in [5.74, 6) is 2.11. The monoisotopic (exact) mass is 657 g/mol. The van der Waals surface area contributed by atoms with E-state index in [9.17, 15) is 0 Å². The van der Waals surface area contributed by atoms with Gasteiger partial charge in [-0.25, -0.2) is 9.98 Å². The maximum absolute atomic E-state index is 5.32. The van der Waals surface area contributed by atoms with E-state index >= 15 is 0 Å². The first kappa shape index (κ1) is 32.0. The Hall–Kier alpha value is -6.24. The van der Waals surface area contributed by atoms with Crippen molar-refractivity contribution in [3.05, 3.63) is 186 Å². The highest BCUT2D eigenvalue weighted by molar-refractivity contribution is 6.14. The maximum atomic E-state index is 5.32. The molecule has 0 spiro atoms. The molecule has 0 amide bonds. The van der Waals surface area contributed by atoms with Crippen LogP contribution in [0.4, 0.5) is 0 Å². The third-order valence-corrected chi connectivity index (χ3v) is 10.0. The van der Waals surface area contributed by atoms with Gasteiger partial charge < -0.3 is 4.90 Å². The minimum absolute atomic E-state index is 0.305. The molecule has 0 fully saturated rings. The fraction of sp³-hybridized carbons (Fsp3) is 0.125. The second-order valence-corrected chi connectivity index (χ2v) is 13.4. The third kappa shape index (κ3) is 5.90. The lowest BCUT2D eigenvalue weighted by Crippen LogP contribution is -2.36. The summed E-state index contributed by atoms with van der Waals surface area (Å²) >= 11 is 0. The summed E-state index contributed by atoms with van der Waals surface area (Å²) in [6, 6.07) is 45.9. The standard InChI is InChI=1S/C48H39N3/c1-5-6-8-17-33(3)47-49-46(34-18-9-7-10-19-34)50-48(51(47)4)43-25-16-15-22-38(43)37-21-12-11-20-36(37)35-27-29-42-41-28-26-32(2)30-44(41)39-23-13-14-24-40(39)45(42)31-35/h5-26,28,31-32,48H,1,30H2,2-4H3/b8-6-,33-17+. The van der Waals surface area contributed by atoms with Crippen LogP contribution in [0.15, 0.2) is 162 Å². The average molecular weight is 658 g/mol. The predicted molar refractivity (Wildman–Crippen MR) is 216 cm³/mol. The van der Waals surface area contributed by atoms with Crippen molar-refractivity contribution in [1.82, 2.24) is 4.90 Å². The molecule has 6 aromatic rings. The molecule has 8 rings (SSSR count). The largest absolute Gasteiger partial charge is 0.333 e. The third-order valence-electron chi connectivity index (χ3n) is 10.0. The molecule has 2 atom stereocenters. The van der Waals surface area contributed by atoms with E-state index in [1.807, 2.05) is 30.4 Å². The quantitative estimate of drug-likeness (QED) is 0.157. The molecule has 0 saturated carbocycles. The summed E-state index contributed by atoms with van der Waals surface area (Å²) in [7, 11) is 2.08. The molecule has 1 aliphatic carbocycles. The summed E-state index contributed by atoms with van der Waals surface area (Å²) in [5, 5.41) is 4.94. The van der Waals surface area contributed by atoms with Crippen LogP contribution in [0.1, 0.15) is 42.3 Å². The molecule has 2 aliphatic rings. The topological polar surface area (TPSA) is 28.0 Å². The van der Waals surface area contributed by atoms with E-state index in [2.05, 4.69) is 154 Å². The van der Waals surface area contributed by atoms with E-state index in [4.69, 9.17) is 9.98 Å². The Morgan fingerprint density at radius 1 is 0.804 bits per heavy atom. The summed E-state index contributed by atoms with van der Waals surface area (Å²) in [4.78, 5) is 12.6. The van der Waals surface area contributed by atoms with Crippen molar-refractivity contribution in [3.63, 3.8) is 0 Å². The average Bonchev–Trinajstić information content (AvgIpc) is 3.18.